The van der Waals surface area contributed by atoms with Gasteiger partial charge in [0, 0.05) is 12.7 Å². The first-order valence-electron chi connectivity index (χ1n) is 6.14. The molecule has 0 saturated carbocycles. The predicted octanol–water partition coefficient (Wildman–Crippen LogP) is 3.51. The van der Waals surface area contributed by atoms with E-state index in [4.69, 9.17) is 4.74 Å². The van der Waals surface area contributed by atoms with E-state index < -0.39 is 0 Å². The number of halogens is 1. The lowest BCUT2D eigenvalue weighted by atomic mass is 10.1. The maximum atomic E-state index is 13.1. The Bertz CT molecular complexity index is 528. The Hall–Kier alpha value is -2.07. The van der Waals surface area contributed by atoms with Crippen LogP contribution in [0.25, 0.3) is 0 Å². The van der Waals surface area contributed by atoms with Gasteiger partial charge in [-0.25, -0.2) is 9.82 Å². The van der Waals surface area contributed by atoms with Crippen molar-refractivity contribution in [3.05, 3.63) is 59.9 Å². The summed E-state index contributed by atoms with van der Waals surface area (Å²) in [7, 11) is 1.80. The first kappa shape index (κ1) is 13.4. The largest absolute Gasteiger partial charge is 0.486 e. The van der Waals surface area contributed by atoms with Crippen LogP contribution in [0.3, 0.4) is 0 Å². The molecule has 0 spiro atoms. The van der Waals surface area contributed by atoms with Crippen LogP contribution >= 0.6 is 0 Å². The minimum absolute atomic E-state index is 0.196. The Morgan fingerprint density at radius 2 is 1.84 bits per heavy atom. The maximum Gasteiger partial charge on any atom is 0.123 e. The van der Waals surface area contributed by atoms with E-state index in [0.29, 0.717) is 0 Å². The Balaban J connectivity index is 2.04. The lowest BCUT2D eigenvalue weighted by Gasteiger charge is -2.15. The summed E-state index contributed by atoms with van der Waals surface area (Å²) in [5.41, 5.74) is 7.59. The summed E-state index contributed by atoms with van der Waals surface area (Å²) in [6.45, 7) is 1.90. The second-order valence-electron chi connectivity index (χ2n) is 4.21. The van der Waals surface area contributed by atoms with Crippen molar-refractivity contribution < 1.29 is 9.13 Å². The van der Waals surface area contributed by atoms with Crippen LogP contribution in [0.1, 0.15) is 18.6 Å². The molecule has 100 valence electrons. The van der Waals surface area contributed by atoms with Crippen LogP contribution in [0, 0.1) is 5.82 Å². The Morgan fingerprint density at radius 1 is 1.11 bits per heavy atom. The summed E-state index contributed by atoms with van der Waals surface area (Å²) in [6.07, 6.45) is -0.196. The molecule has 2 rings (SSSR count). The van der Waals surface area contributed by atoms with Crippen molar-refractivity contribution in [3.63, 3.8) is 0 Å². The average molecular weight is 260 g/mol. The van der Waals surface area contributed by atoms with Crippen LogP contribution in [0.5, 0.6) is 5.75 Å². The van der Waals surface area contributed by atoms with Gasteiger partial charge >= 0.3 is 0 Å². The van der Waals surface area contributed by atoms with E-state index in [9.17, 15) is 4.39 Å². The van der Waals surface area contributed by atoms with E-state index in [0.717, 1.165) is 17.0 Å². The molecule has 2 aromatic carbocycles. The molecule has 2 aromatic rings. The summed E-state index contributed by atoms with van der Waals surface area (Å²) in [6, 6.07) is 14.0. The summed E-state index contributed by atoms with van der Waals surface area (Å²) < 4.78 is 18.9. The van der Waals surface area contributed by atoms with E-state index in [1.54, 1.807) is 13.1 Å². The Labute approximate surface area is 112 Å². The van der Waals surface area contributed by atoms with Gasteiger partial charge in [0.2, 0.25) is 0 Å². The number of hydrazine groups is 1. The standard InChI is InChI=1S/C15H17FN2O/c1-11(12-4-3-5-13(16)10-12)19-15-8-6-14(7-9-15)18-17-2/h3-11,17-18H,1-2H3. The molecular weight excluding hydrogens is 243 g/mol. The van der Waals surface area contributed by atoms with Crippen molar-refractivity contribution in [2.24, 2.45) is 0 Å². The van der Waals surface area contributed by atoms with Gasteiger partial charge in [-0.05, 0) is 48.9 Å². The average Bonchev–Trinajstić information content (AvgIpc) is 2.41. The van der Waals surface area contributed by atoms with Crippen LogP contribution in [0.2, 0.25) is 0 Å². The van der Waals surface area contributed by atoms with Crippen LogP contribution in [0.4, 0.5) is 10.1 Å². The second kappa shape index (κ2) is 6.20. The number of benzene rings is 2. The number of hydrogen-bond acceptors (Lipinski definition) is 3. The van der Waals surface area contributed by atoms with Crippen LogP contribution < -0.4 is 15.6 Å². The molecule has 0 aromatic heterocycles. The van der Waals surface area contributed by atoms with Crippen LogP contribution in [0.15, 0.2) is 48.5 Å². The molecule has 0 amide bonds. The molecule has 0 saturated heterocycles. The van der Waals surface area contributed by atoms with E-state index in [-0.39, 0.29) is 11.9 Å². The molecule has 19 heavy (non-hydrogen) atoms. The van der Waals surface area contributed by atoms with E-state index in [2.05, 4.69) is 10.9 Å². The Kier molecular flexibility index (Phi) is 4.36. The lowest BCUT2D eigenvalue weighted by molar-refractivity contribution is 0.226. The molecule has 3 nitrogen and oxygen atoms in total. The summed E-state index contributed by atoms with van der Waals surface area (Å²) in [5.74, 6) is 0.500. The highest BCUT2D eigenvalue weighted by molar-refractivity contribution is 5.45. The molecule has 0 aliphatic rings. The first-order chi connectivity index (χ1) is 9.19. The zero-order valence-electron chi connectivity index (χ0n) is 11.0. The van der Waals surface area contributed by atoms with Crippen molar-refractivity contribution in [1.29, 1.82) is 0 Å². The lowest BCUT2D eigenvalue weighted by Crippen LogP contribution is -2.14. The monoisotopic (exact) mass is 260 g/mol. The van der Waals surface area contributed by atoms with Crippen LogP contribution in [-0.4, -0.2) is 7.05 Å². The van der Waals surface area contributed by atoms with Gasteiger partial charge in [0.15, 0.2) is 0 Å². The second-order valence-corrected chi connectivity index (χ2v) is 4.21. The maximum absolute atomic E-state index is 13.1. The highest BCUT2D eigenvalue weighted by atomic mass is 19.1. The number of ether oxygens (including phenoxy) is 1. The van der Waals surface area contributed by atoms with Crippen molar-refractivity contribution in [3.8, 4) is 5.75 Å². The van der Waals surface area contributed by atoms with Gasteiger partial charge < -0.3 is 10.2 Å². The molecule has 4 heteroatoms. The van der Waals surface area contributed by atoms with Gasteiger partial charge in [-0.3, -0.25) is 0 Å². The normalized spacial score (nSPS) is 11.9. The van der Waals surface area contributed by atoms with Crippen molar-refractivity contribution in [2.45, 2.75) is 13.0 Å². The number of nitrogens with one attached hydrogen (secondary N) is 2. The molecule has 1 unspecified atom stereocenters. The van der Waals surface area contributed by atoms with Crippen LogP contribution in [-0.2, 0) is 0 Å². The Morgan fingerprint density at radius 3 is 2.47 bits per heavy atom. The highest BCUT2D eigenvalue weighted by Crippen LogP contribution is 2.23. The molecule has 1 atom stereocenters. The summed E-state index contributed by atoms with van der Waals surface area (Å²) >= 11 is 0. The smallest absolute Gasteiger partial charge is 0.123 e. The van der Waals surface area contributed by atoms with Crippen molar-refractivity contribution in [2.75, 3.05) is 12.5 Å². The van der Waals surface area contributed by atoms with Crippen molar-refractivity contribution >= 4 is 5.69 Å². The molecule has 0 fully saturated rings. The van der Waals surface area contributed by atoms with Gasteiger partial charge in [0.1, 0.15) is 17.7 Å². The zero-order valence-corrected chi connectivity index (χ0v) is 11.0. The number of rotatable bonds is 5. The molecule has 0 heterocycles. The first-order valence-corrected chi connectivity index (χ1v) is 6.14. The van der Waals surface area contributed by atoms with E-state index >= 15 is 0 Å². The highest BCUT2D eigenvalue weighted by Gasteiger charge is 2.08. The van der Waals surface area contributed by atoms with Gasteiger partial charge in [-0.1, -0.05) is 12.1 Å². The molecule has 0 radical (unpaired) electrons. The topological polar surface area (TPSA) is 33.3 Å². The van der Waals surface area contributed by atoms with Gasteiger partial charge in [-0.15, -0.1) is 0 Å². The molecule has 2 N–H and O–H groups in total. The number of anilines is 1. The third-order valence-corrected chi connectivity index (χ3v) is 2.75. The fraction of sp³-hybridized carbons (Fsp3) is 0.200. The van der Waals surface area contributed by atoms with Gasteiger partial charge in [0.05, 0.1) is 0 Å². The number of hydrogen-bond donors (Lipinski definition) is 2. The van der Waals surface area contributed by atoms with E-state index in [1.165, 1.54) is 12.1 Å². The molecule has 0 aliphatic carbocycles. The molecular formula is C15H17FN2O. The minimum atomic E-state index is -0.249. The summed E-state index contributed by atoms with van der Waals surface area (Å²) in [4.78, 5) is 0. The summed E-state index contributed by atoms with van der Waals surface area (Å²) in [5, 5.41) is 0. The molecule has 0 bridgehead atoms. The zero-order chi connectivity index (χ0) is 13.7. The quantitative estimate of drug-likeness (QED) is 0.807. The molecule has 0 aliphatic heterocycles. The van der Waals surface area contributed by atoms with Crippen molar-refractivity contribution in [1.82, 2.24) is 5.43 Å². The third-order valence-electron chi connectivity index (χ3n) is 2.75. The fourth-order valence-corrected chi connectivity index (χ4v) is 1.79. The SMILES string of the molecule is CNNc1ccc(OC(C)c2cccc(F)c2)cc1. The third kappa shape index (κ3) is 3.69. The predicted molar refractivity (Wildman–Crippen MR) is 74.6 cm³/mol. The fourth-order valence-electron chi connectivity index (χ4n) is 1.79. The van der Waals surface area contributed by atoms with E-state index in [1.807, 2.05) is 37.3 Å². The minimum Gasteiger partial charge on any atom is -0.486 e. The van der Waals surface area contributed by atoms with Gasteiger partial charge in [0.25, 0.3) is 0 Å². The van der Waals surface area contributed by atoms with Gasteiger partial charge in [-0.2, -0.15) is 0 Å².